The van der Waals surface area contributed by atoms with Gasteiger partial charge in [-0.05, 0) is 19.1 Å². The van der Waals surface area contributed by atoms with E-state index < -0.39 is 0 Å². The summed E-state index contributed by atoms with van der Waals surface area (Å²) in [5.41, 5.74) is 4.95. The van der Waals surface area contributed by atoms with Gasteiger partial charge in [0.05, 0.1) is 18.0 Å². The molecule has 4 nitrogen and oxygen atoms in total. The zero-order chi connectivity index (χ0) is 19.9. The summed E-state index contributed by atoms with van der Waals surface area (Å²) in [7, 11) is 0. The van der Waals surface area contributed by atoms with Gasteiger partial charge in [-0.15, -0.1) is 5.10 Å². The van der Waals surface area contributed by atoms with Crippen molar-refractivity contribution in [3.05, 3.63) is 114 Å². The van der Waals surface area contributed by atoms with Crippen molar-refractivity contribution in [1.82, 2.24) is 9.78 Å². The maximum Gasteiger partial charge on any atom is 0.180 e. The van der Waals surface area contributed by atoms with Gasteiger partial charge in [-0.2, -0.15) is 0 Å². The summed E-state index contributed by atoms with van der Waals surface area (Å²) in [5.74, 6) is 0.671. The molecule has 29 heavy (non-hydrogen) atoms. The molecule has 0 unspecified atom stereocenters. The molecule has 144 valence electrons. The Morgan fingerprint density at radius 2 is 1.38 bits per heavy atom. The Kier molecular flexibility index (Phi) is 5.93. The molecule has 0 aliphatic carbocycles. The maximum absolute atomic E-state index is 5.68. The lowest BCUT2D eigenvalue weighted by molar-refractivity contribution is 0.134. The minimum atomic E-state index is 0.471. The second-order valence-electron chi connectivity index (χ2n) is 6.59. The number of aromatic nitrogens is 2. The van der Waals surface area contributed by atoms with Crippen LogP contribution in [0.4, 0.5) is 5.82 Å². The molecule has 4 heteroatoms. The molecule has 0 radical (unpaired) electrons. The minimum absolute atomic E-state index is 0.471. The number of benzene rings is 3. The van der Waals surface area contributed by atoms with Crippen molar-refractivity contribution in [2.75, 3.05) is 6.61 Å². The van der Waals surface area contributed by atoms with Crippen molar-refractivity contribution in [2.24, 2.45) is 4.99 Å². The molecule has 0 saturated heterocycles. The van der Waals surface area contributed by atoms with Crippen LogP contribution in [-0.4, -0.2) is 22.1 Å². The van der Waals surface area contributed by atoms with Crippen molar-refractivity contribution < 1.29 is 4.74 Å². The van der Waals surface area contributed by atoms with Crippen molar-refractivity contribution in [2.45, 2.75) is 13.5 Å². The number of nitrogens with zero attached hydrogens (tertiary/aromatic N) is 3. The van der Waals surface area contributed by atoms with Gasteiger partial charge in [-0.3, -0.25) is 0 Å². The van der Waals surface area contributed by atoms with Crippen LogP contribution in [-0.2, 0) is 11.3 Å². The first-order valence-electron chi connectivity index (χ1n) is 9.76. The third kappa shape index (κ3) is 4.50. The molecule has 0 aliphatic heterocycles. The highest BCUT2D eigenvalue weighted by Gasteiger charge is 2.13. The lowest BCUT2D eigenvalue weighted by atomic mass is 10.0. The van der Waals surface area contributed by atoms with E-state index in [2.05, 4.69) is 24.3 Å². The number of hydrogen-bond donors (Lipinski definition) is 0. The first-order valence-corrected chi connectivity index (χ1v) is 9.76. The zero-order valence-electron chi connectivity index (χ0n) is 16.4. The maximum atomic E-state index is 5.68. The van der Waals surface area contributed by atoms with Gasteiger partial charge in [-0.1, -0.05) is 78.9 Å². The molecule has 0 atom stereocenters. The van der Waals surface area contributed by atoms with Crippen LogP contribution in [0.1, 0.15) is 23.6 Å². The molecule has 3 aromatic carbocycles. The SMILES string of the molecule is CCOCc1cn(-c2ccccc2)nc1N=C(c1ccccc1)c1ccccc1. The van der Waals surface area contributed by atoms with Crippen LogP contribution in [0.5, 0.6) is 0 Å². The van der Waals surface area contributed by atoms with Gasteiger partial charge in [-0.25, -0.2) is 9.67 Å². The fourth-order valence-corrected chi connectivity index (χ4v) is 3.12. The van der Waals surface area contributed by atoms with Crippen molar-refractivity contribution >= 4 is 11.5 Å². The van der Waals surface area contributed by atoms with Crippen LogP contribution in [0.25, 0.3) is 5.69 Å². The van der Waals surface area contributed by atoms with Gasteiger partial charge >= 0.3 is 0 Å². The van der Waals surface area contributed by atoms with E-state index in [-0.39, 0.29) is 0 Å². The van der Waals surface area contributed by atoms with E-state index in [4.69, 9.17) is 14.8 Å². The lowest BCUT2D eigenvalue weighted by Crippen LogP contribution is -2.03. The summed E-state index contributed by atoms with van der Waals surface area (Å²) >= 11 is 0. The van der Waals surface area contributed by atoms with Crippen LogP contribution in [0.2, 0.25) is 0 Å². The molecule has 0 N–H and O–H groups in total. The Bertz CT molecular complexity index is 1030. The number of para-hydroxylation sites is 1. The number of ether oxygens (including phenoxy) is 1. The Hall–Kier alpha value is -3.50. The monoisotopic (exact) mass is 381 g/mol. The Balaban J connectivity index is 1.83. The second-order valence-corrected chi connectivity index (χ2v) is 6.59. The Labute approximate surface area is 171 Å². The summed E-state index contributed by atoms with van der Waals surface area (Å²) in [6.07, 6.45) is 2.00. The molecular weight excluding hydrogens is 358 g/mol. The van der Waals surface area contributed by atoms with Crippen LogP contribution in [0.3, 0.4) is 0 Å². The van der Waals surface area contributed by atoms with Crippen LogP contribution < -0.4 is 0 Å². The normalized spacial score (nSPS) is 10.7. The number of hydrogen-bond acceptors (Lipinski definition) is 3. The molecule has 0 saturated carbocycles. The van der Waals surface area contributed by atoms with E-state index >= 15 is 0 Å². The predicted molar refractivity (Wildman–Crippen MR) is 117 cm³/mol. The smallest absolute Gasteiger partial charge is 0.180 e. The minimum Gasteiger partial charge on any atom is -0.377 e. The van der Waals surface area contributed by atoms with E-state index in [9.17, 15) is 0 Å². The topological polar surface area (TPSA) is 39.4 Å². The van der Waals surface area contributed by atoms with E-state index in [0.29, 0.717) is 19.0 Å². The zero-order valence-corrected chi connectivity index (χ0v) is 16.4. The van der Waals surface area contributed by atoms with E-state index in [1.165, 1.54) is 0 Å². The highest BCUT2D eigenvalue weighted by molar-refractivity contribution is 6.13. The van der Waals surface area contributed by atoms with Gasteiger partial charge in [0.1, 0.15) is 0 Å². The first kappa shape index (κ1) is 18.8. The molecule has 1 aromatic heterocycles. The standard InChI is InChI=1S/C25H23N3O/c1-2-29-19-22-18-28(23-16-10-5-11-17-23)27-25(22)26-24(20-12-6-3-7-13-20)21-14-8-4-9-15-21/h3-18H,2,19H2,1H3. The summed E-state index contributed by atoms with van der Waals surface area (Å²) in [5, 5.41) is 4.77. The molecule has 4 aromatic rings. The molecule has 0 bridgehead atoms. The Morgan fingerprint density at radius 1 is 0.828 bits per heavy atom. The fourth-order valence-electron chi connectivity index (χ4n) is 3.12. The number of rotatable bonds is 7. The van der Waals surface area contributed by atoms with Crippen LogP contribution in [0.15, 0.2) is 102 Å². The van der Waals surface area contributed by atoms with Crippen molar-refractivity contribution in [3.63, 3.8) is 0 Å². The third-order valence-electron chi connectivity index (χ3n) is 4.56. The predicted octanol–water partition coefficient (Wildman–Crippen LogP) is 5.58. The molecular formula is C25H23N3O. The third-order valence-corrected chi connectivity index (χ3v) is 4.56. The van der Waals surface area contributed by atoms with E-state index in [1.54, 1.807) is 0 Å². The van der Waals surface area contributed by atoms with Crippen LogP contribution >= 0.6 is 0 Å². The molecule has 0 aliphatic rings. The highest BCUT2D eigenvalue weighted by atomic mass is 16.5. The molecule has 4 rings (SSSR count). The van der Waals surface area contributed by atoms with Crippen molar-refractivity contribution in [1.29, 1.82) is 0 Å². The van der Waals surface area contributed by atoms with E-state index in [1.807, 2.05) is 84.5 Å². The average molecular weight is 381 g/mol. The average Bonchev–Trinajstić information content (AvgIpc) is 3.20. The molecule has 1 heterocycles. The quantitative estimate of drug-likeness (QED) is 0.392. The Morgan fingerprint density at radius 3 is 1.93 bits per heavy atom. The fraction of sp³-hybridized carbons (Fsp3) is 0.120. The second kappa shape index (κ2) is 9.13. The molecule has 0 fully saturated rings. The van der Waals surface area contributed by atoms with Gasteiger partial charge in [0, 0.05) is 29.5 Å². The van der Waals surface area contributed by atoms with Crippen LogP contribution in [0, 0.1) is 0 Å². The summed E-state index contributed by atoms with van der Waals surface area (Å²) in [6.45, 7) is 3.10. The first-order chi connectivity index (χ1) is 14.3. The van der Waals surface area contributed by atoms with E-state index in [0.717, 1.165) is 28.1 Å². The summed E-state index contributed by atoms with van der Waals surface area (Å²) in [4.78, 5) is 5.00. The largest absolute Gasteiger partial charge is 0.377 e. The van der Waals surface area contributed by atoms with Gasteiger partial charge in [0.2, 0.25) is 0 Å². The summed E-state index contributed by atoms with van der Waals surface area (Å²) < 4.78 is 7.54. The van der Waals surface area contributed by atoms with Crippen molar-refractivity contribution in [3.8, 4) is 5.69 Å². The molecule has 0 spiro atoms. The lowest BCUT2D eigenvalue weighted by Gasteiger charge is -2.07. The van der Waals surface area contributed by atoms with Gasteiger partial charge in [0.25, 0.3) is 0 Å². The molecule has 0 amide bonds. The van der Waals surface area contributed by atoms with Gasteiger partial charge < -0.3 is 4.74 Å². The number of aliphatic imine (C=N–C) groups is 1. The van der Waals surface area contributed by atoms with Gasteiger partial charge in [0.15, 0.2) is 5.82 Å². The summed E-state index contributed by atoms with van der Waals surface area (Å²) in [6, 6.07) is 30.5. The highest BCUT2D eigenvalue weighted by Crippen LogP contribution is 2.23.